The van der Waals surface area contributed by atoms with Gasteiger partial charge in [0.15, 0.2) is 5.78 Å². The molecular weight excluding hydrogens is 256 g/mol. The smallest absolute Gasteiger partial charge is 0.228 e. The number of fused-ring (bicyclic) bond motifs is 1. The van der Waals surface area contributed by atoms with E-state index in [1.165, 1.54) is 6.92 Å². The molecule has 1 aromatic rings. The van der Waals surface area contributed by atoms with E-state index in [1.54, 1.807) is 6.07 Å². The van der Waals surface area contributed by atoms with Crippen LogP contribution in [0.2, 0.25) is 0 Å². The van der Waals surface area contributed by atoms with Crippen LogP contribution in [0, 0.1) is 6.92 Å². The van der Waals surface area contributed by atoms with Crippen LogP contribution in [0.25, 0.3) is 0 Å². The maximum Gasteiger partial charge on any atom is 0.228 e. The third-order valence-corrected chi connectivity index (χ3v) is 3.48. The first-order valence-corrected chi connectivity index (χ1v) is 6.65. The predicted molar refractivity (Wildman–Crippen MR) is 74.6 cm³/mol. The molecule has 5 heteroatoms. The van der Waals surface area contributed by atoms with Gasteiger partial charge in [-0.2, -0.15) is 0 Å². The monoisotopic (exact) mass is 274 g/mol. The summed E-state index contributed by atoms with van der Waals surface area (Å²) < 4.78 is 0. The second kappa shape index (κ2) is 5.86. The summed E-state index contributed by atoms with van der Waals surface area (Å²) in [5.41, 5.74) is 2.47. The Morgan fingerprint density at radius 2 is 1.95 bits per heavy atom. The summed E-state index contributed by atoms with van der Waals surface area (Å²) in [4.78, 5) is 34.8. The van der Waals surface area contributed by atoms with Gasteiger partial charge in [0, 0.05) is 32.0 Å². The van der Waals surface area contributed by atoms with Gasteiger partial charge in [-0.15, -0.1) is 0 Å². The van der Waals surface area contributed by atoms with Crippen molar-refractivity contribution in [1.82, 2.24) is 10.6 Å². The summed E-state index contributed by atoms with van der Waals surface area (Å²) in [5, 5.41) is 5.37. The Bertz CT molecular complexity index is 566. The lowest BCUT2D eigenvalue weighted by Gasteiger charge is -2.13. The maximum absolute atomic E-state index is 12.2. The van der Waals surface area contributed by atoms with E-state index in [9.17, 15) is 14.4 Å². The van der Waals surface area contributed by atoms with Crippen molar-refractivity contribution in [3.05, 3.63) is 34.9 Å². The van der Waals surface area contributed by atoms with Gasteiger partial charge in [0.05, 0.1) is 5.92 Å². The number of rotatable bonds is 4. The zero-order chi connectivity index (χ0) is 14.7. The highest BCUT2D eigenvalue weighted by Crippen LogP contribution is 2.35. The average Bonchev–Trinajstić information content (AvgIpc) is 2.73. The van der Waals surface area contributed by atoms with Crippen molar-refractivity contribution in [2.24, 2.45) is 0 Å². The largest absolute Gasteiger partial charge is 0.355 e. The number of hydrogen-bond acceptors (Lipinski definition) is 3. The van der Waals surface area contributed by atoms with Crippen molar-refractivity contribution < 1.29 is 14.4 Å². The second-order valence-corrected chi connectivity index (χ2v) is 4.99. The van der Waals surface area contributed by atoms with Crippen LogP contribution < -0.4 is 10.6 Å². The SMILES string of the molecule is CC(=O)NCCNC(=O)C1CC(=O)c2cccc(C)c21. The third-order valence-electron chi connectivity index (χ3n) is 3.48. The molecule has 0 saturated carbocycles. The highest BCUT2D eigenvalue weighted by Gasteiger charge is 2.34. The van der Waals surface area contributed by atoms with E-state index in [0.717, 1.165) is 11.1 Å². The van der Waals surface area contributed by atoms with Gasteiger partial charge in [0.25, 0.3) is 0 Å². The van der Waals surface area contributed by atoms with Crippen LogP contribution in [0.15, 0.2) is 18.2 Å². The van der Waals surface area contributed by atoms with Crippen molar-refractivity contribution in [3.63, 3.8) is 0 Å². The van der Waals surface area contributed by atoms with Crippen molar-refractivity contribution in [2.45, 2.75) is 26.2 Å². The first-order chi connectivity index (χ1) is 9.50. The summed E-state index contributed by atoms with van der Waals surface area (Å²) in [6.07, 6.45) is 0.228. The molecular formula is C15H18N2O3. The Morgan fingerprint density at radius 1 is 1.25 bits per heavy atom. The van der Waals surface area contributed by atoms with E-state index < -0.39 is 5.92 Å². The number of aryl methyl sites for hydroxylation is 1. The minimum absolute atomic E-state index is 0.0192. The molecule has 1 aliphatic carbocycles. The lowest BCUT2D eigenvalue weighted by molar-refractivity contribution is -0.123. The molecule has 0 spiro atoms. The molecule has 106 valence electrons. The van der Waals surface area contributed by atoms with Crippen molar-refractivity contribution in [1.29, 1.82) is 0 Å². The Kier molecular flexibility index (Phi) is 4.17. The lowest BCUT2D eigenvalue weighted by Crippen LogP contribution is -2.36. The van der Waals surface area contributed by atoms with E-state index in [1.807, 2.05) is 19.1 Å². The quantitative estimate of drug-likeness (QED) is 0.802. The minimum atomic E-state index is -0.406. The van der Waals surface area contributed by atoms with Crippen LogP contribution in [-0.2, 0) is 9.59 Å². The first-order valence-electron chi connectivity index (χ1n) is 6.65. The number of carbonyl (C=O) groups excluding carboxylic acids is 3. The van der Waals surface area contributed by atoms with Gasteiger partial charge in [-0.3, -0.25) is 14.4 Å². The van der Waals surface area contributed by atoms with Gasteiger partial charge in [-0.25, -0.2) is 0 Å². The number of Topliss-reactive ketones (excluding diaryl/α,β-unsaturated/α-hetero) is 1. The van der Waals surface area contributed by atoms with Crippen LogP contribution >= 0.6 is 0 Å². The van der Waals surface area contributed by atoms with Gasteiger partial charge in [-0.1, -0.05) is 18.2 Å². The fourth-order valence-corrected chi connectivity index (χ4v) is 2.55. The van der Waals surface area contributed by atoms with E-state index in [4.69, 9.17) is 0 Å². The summed E-state index contributed by atoms with van der Waals surface area (Å²) in [6, 6.07) is 5.52. The fourth-order valence-electron chi connectivity index (χ4n) is 2.55. The summed E-state index contributed by atoms with van der Waals surface area (Å²) in [7, 11) is 0. The Morgan fingerprint density at radius 3 is 2.65 bits per heavy atom. The molecule has 0 radical (unpaired) electrons. The summed E-state index contributed by atoms with van der Waals surface area (Å²) >= 11 is 0. The molecule has 0 bridgehead atoms. The third kappa shape index (κ3) is 2.87. The van der Waals surface area contributed by atoms with Gasteiger partial charge < -0.3 is 10.6 Å². The van der Waals surface area contributed by atoms with Crippen LogP contribution in [-0.4, -0.2) is 30.7 Å². The summed E-state index contributed by atoms with van der Waals surface area (Å²) in [6.45, 7) is 4.10. The van der Waals surface area contributed by atoms with E-state index in [-0.39, 0.29) is 24.0 Å². The molecule has 2 rings (SSSR count). The molecule has 0 aromatic heterocycles. The van der Waals surface area contributed by atoms with Crippen molar-refractivity contribution in [2.75, 3.05) is 13.1 Å². The second-order valence-electron chi connectivity index (χ2n) is 4.99. The standard InChI is InChI=1S/C15H18N2O3/c1-9-4-3-5-11-13(19)8-12(14(9)11)15(20)17-7-6-16-10(2)18/h3-5,12H,6-8H2,1-2H3,(H,16,18)(H,17,20). The van der Waals surface area contributed by atoms with Crippen molar-refractivity contribution >= 4 is 17.6 Å². The number of benzene rings is 1. The van der Waals surface area contributed by atoms with E-state index >= 15 is 0 Å². The van der Waals surface area contributed by atoms with E-state index in [0.29, 0.717) is 18.7 Å². The van der Waals surface area contributed by atoms with E-state index in [2.05, 4.69) is 10.6 Å². The molecule has 0 fully saturated rings. The topological polar surface area (TPSA) is 75.3 Å². The number of amides is 2. The van der Waals surface area contributed by atoms with Crippen LogP contribution in [0.3, 0.4) is 0 Å². The Hall–Kier alpha value is -2.17. The zero-order valence-corrected chi connectivity index (χ0v) is 11.7. The van der Waals surface area contributed by atoms with Crippen LogP contribution in [0.1, 0.15) is 40.7 Å². The first kappa shape index (κ1) is 14.2. The minimum Gasteiger partial charge on any atom is -0.355 e. The molecule has 2 amide bonds. The highest BCUT2D eigenvalue weighted by atomic mass is 16.2. The molecule has 5 nitrogen and oxygen atoms in total. The summed E-state index contributed by atoms with van der Waals surface area (Å²) in [5.74, 6) is -0.671. The Labute approximate surface area is 117 Å². The molecule has 1 unspecified atom stereocenters. The molecule has 1 aromatic carbocycles. The van der Waals surface area contributed by atoms with Gasteiger partial charge in [-0.05, 0) is 18.1 Å². The van der Waals surface area contributed by atoms with Crippen LogP contribution in [0.4, 0.5) is 0 Å². The number of carbonyl (C=O) groups is 3. The lowest BCUT2D eigenvalue weighted by atomic mass is 9.96. The zero-order valence-electron chi connectivity index (χ0n) is 11.7. The molecule has 0 aliphatic heterocycles. The maximum atomic E-state index is 12.2. The fraction of sp³-hybridized carbons (Fsp3) is 0.400. The highest BCUT2D eigenvalue weighted by molar-refractivity contribution is 6.07. The molecule has 2 N–H and O–H groups in total. The normalized spacial score (nSPS) is 16.7. The molecule has 1 aliphatic rings. The molecule has 0 heterocycles. The molecule has 20 heavy (non-hydrogen) atoms. The van der Waals surface area contributed by atoms with Gasteiger partial charge in [0.1, 0.15) is 0 Å². The molecule has 0 saturated heterocycles. The number of nitrogens with one attached hydrogen (secondary N) is 2. The average molecular weight is 274 g/mol. The van der Waals surface area contributed by atoms with Crippen molar-refractivity contribution in [3.8, 4) is 0 Å². The Balaban J connectivity index is 2.03. The van der Waals surface area contributed by atoms with Crippen LogP contribution in [0.5, 0.6) is 0 Å². The van der Waals surface area contributed by atoms with Gasteiger partial charge in [0.2, 0.25) is 11.8 Å². The number of hydrogen-bond donors (Lipinski definition) is 2. The van der Waals surface area contributed by atoms with Gasteiger partial charge >= 0.3 is 0 Å². The number of ketones is 1. The predicted octanol–water partition coefficient (Wildman–Crippen LogP) is 0.917. The molecule has 1 atom stereocenters.